The Morgan fingerprint density at radius 3 is 2.45 bits per heavy atom. The number of hydrogen-bond acceptors (Lipinski definition) is 5. The Bertz CT molecular complexity index is 765. The lowest BCUT2D eigenvalue weighted by Crippen LogP contribution is -2.59. The van der Waals surface area contributed by atoms with Gasteiger partial charge in [-0.15, -0.1) is 6.58 Å². The third kappa shape index (κ3) is 4.77. The summed E-state index contributed by atoms with van der Waals surface area (Å²) in [5.74, 6) is -0.00515. The van der Waals surface area contributed by atoms with Crippen LogP contribution in [-0.2, 0) is 30.3 Å². The van der Waals surface area contributed by atoms with Crippen molar-refractivity contribution in [3.8, 4) is 0 Å². The summed E-state index contributed by atoms with van der Waals surface area (Å²) in [5, 5.41) is 0. The summed E-state index contributed by atoms with van der Waals surface area (Å²) in [6.45, 7) is 7.17. The molecule has 5 heteroatoms. The molecule has 4 rings (SSSR count). The second kappa shape index (κ2) is 9.65. The first-order chi connectivity index (χ1) is 14.3. The maximum absolute atomic E-state index is 6.38. The Morgan fingerprint density at radius 2 is 1.72 bits per heavy atom. The molecule has 0 aliphatic carbocycles. The molecule has 3 unspecified atom stereocenters. The van der Waals surface area contributed by atoms with Crippen LogP contribution < -0.4 is 0 Å². The molecule has 0 N–H and O–H groups in total. The molecule has 0 saturated carbocycles. The monoisotopic (exact) mass is 396 g/mol. The van der Waals surface area contributed by atoms with Crippen molar-refractivity contribution < 1.29 is 23.7 Å². The molecule has 154 valence electrons. The molecule has 0 aromatic heterocycles. The summed E-state index contributed by atoms with van der Waals surface area (Å²) < 4.78 is 30.7. The van der Waals surface area contributed by atoms with Crippen LogP contribution in [0.15, 0.2) is 73.3 Å². The number of hydrogen-bond donors (Lipinski definition) is 0. The van der Waals surface area contributed by atoms with Crippen molar-refractivity contribution in [1.29, 1.82) is 0 Å². The normalized spacial score (nSPS) is 31.8. The molecule has 0 amide bonds. The topological polar surface area (TPSA) is 46.2 Å². The highest BCUT2D eigenvalue weighted by atomic mass is 16.7. The molecule has 5 nitrogen and oxygen atoms in total. The molecular weight excluding hydrogens is 368 g/mol. The minimum atomic E-state index is -0.429. The molecule has 2 fully saturated rings. The van der Waals surface area contributed by atoms with E-state index in [4.69, 9.17) is 23.7 Å². The minimum absolute atomic E-state index is 0.00515. The Kier molecular flexibility index (Phi) is 6.74. The van der Waals surface area contributed by atoms with Gasteiger partial charge in [-0.2, -0.15) is 0 Å². The Labute approximate surface area is 172 Å². The molecule has 2 aliphatic heterocycles. The maximum atomic E-state index is 6.38. The summed E-state index contributed by atoms with van der Waals surface area (Å²) in [6.07, 6.45) is 0.232. The Hall–Kier alpha value is -2.02. The van der Waals surface area contributed by atoms with Crippen molar-refractivity contribution >= 4 is 0 Å². The number of rotatable bonds is 7. The average molecular weight is 396 g/mol. The highest BCUT2D eigenvalue weighted by molar-refractivity contribution is 5.17. The van der Waals surface area contributed by atoms with Crippen LogP contribution in [0.2, 0.25) is 0 Å². The summed E-state index contributed by atoms with van der Waals surface area (Å²) in [5.41, 5.74) is 2.11. The third-order valence-electron chi connectivity index (χ3n) is 5.37. The van der Waals surface area contributed by atoms with Gasteiger partial charge in [-0.3, -0.25) is 0 Å². The van der Waals surface area contributed by atoms with Gasteiger partial charge in [-0.05, 0) is 5.56 Å². The molecule has 2 aliphatic rings. The van der Waals surface area contributed by atoms with Crippen molar-refractivity contribution in [2.75, 3.05) is 13.2 Å². The van der Waals surface area contributed by atoms with E-state index in [1.165, 1.54) is 0 Å². The van der Waals surface area contributed by atoms with Crippen LogP contribution >= 0.6 is 0 Å². The van der Waals surface area contributed by atoms with Gasteiger partial charge in [0.15, 0.2) is 12.6 Å². The van der Waals surface area contributed by atoms with Gasteiger partial charge in [0.05, 0.1) is 25.9 Å². The number of ether oxygens (including phenoxy) is 5. The fraction of sp³-hybridized carbons (Fsp3) is 0.417. The van der Waals surface area contributed by atoms with Crippen molar-refractivity contribution in [1.82, 2.24) is 0 Å². The van der Waals surface area contributed by atoms with Crippen molar-refractivity contribution in [3.05, 3.63) is 84.4 Å². The second-order valence-corrected chi connectivity index (χ2v) is 7.46. The van der Waals surface area contributed by atoms with Crippen LogP contribution in [0.25, 0.3) is 0 Å². The summed E-state index contributed by atoms with van der Waals surface area (Å²) in [4.78, 5) is 0. The molecule has 6 atom stereocenters. The Balaban J connectivity index is 1.51. The zero-order valence-corrected chi connectivity index (χ0v) is 16.7. The summed E-state index contributed by atoms with van der Waals surface area (Å²) >= 11 is 0. The van der Waals surface area contributed by atoms with E-state index in [1.54, 1.807) is 6.08 Å². The van der Waals surface area contributed by atoms with Crippen LogP contribution in [0.1, 0.15) is 24.3 Å². The van der Waals surface area contributed by atoms with Crippen LogP contribution in [0.3, 0.4) is 0 Å². The highest BCUT2D eigenvalue weighted by Crippen LogP contribution is 2.38. The van der Waals surface area contributed by atoms with Gasteiger partial charge in [-0.1, -0.05) is 73.7 Å². The predicted octanol–water partition coefficient (Wildman–Crippen LogP) is 4.25. The van der Waals surface area contributed by atoms with E-state index in [9.17, 15) is 0 Å². The first-order valence-electron chi connectivity index (χ1n) is 10.1. The van der Waals surface area contributed by atoms with Gasteiger partial charge in [0.2, 0.25) is 0 Å². The third-order valence-corrected chi connectivity index (χ3v) is 5.37. The van der Waals surface area contributed by atoms with E-state index in [0.717, 1.165) is 11.1 Å². The van der Waals surface area contributed by atoms with Gasteiger partial charge in [-0.25, -0.2) is 0 Å². The van der Waals surface area contributed by atoms with Crippen LogP contribution in [-0.4, -0.2) is 37.8 Å². The van der Waals surface area contributed by atoms with E-state index < -0.39 is 12.6 Å². The molecule has 2 saturated heterocycles. The van der Waals surface area contributed by atoms with Crippen LogP contribution in [0.5, 0.6) is 0 Å². The largest absolute Gasteiger partial charge is 0.370 e. The van der Waals surface area contributed by atoms with Gasteiger partial charge < -0.3 is 23.7 Å². The molecule has 0 radical (unpaired) electrons. The lowest BCUT2D eigenvalue weighted by atomic mass is 9.91. The zero-order valence-electron chi connectivity index (χ0n) is 16.7. The summed E-state index contributed by atoms with van der Waals surface area (Å²) in [7, 11) is 0. The molecule has 2 aromatic rings. The zero-order chi connectivity index (χ0) is 20.1. The highest BCUT2D eigenvalue weighted by Gasteiger charge is 2.49. The van der Waals surface area contributed by atoms with E-state index in [1.807, 2.05) is 48.5 Å². The quantitative estimate of drug-likeness (QED) is 0.655. The van der Waals surface area contributed by atoms with E-state index in [0.29, 0.717) is 19.8 Å². The average Bonchev–Trinajstić information content (AvgIpc) is 2.78. The molecule has 0 spiro atoms. The first kappa shape index (κ1) is 20.3. The fourth-order valence-electron chi connectivity index (χ4n) is 3.85. The van der Waals surface area contributed by atoms with Crippen molar-refractivity contribution in [2.45, 2.75) is 44.4 Å². The smallest absolute Gasteiger partial charge is 0.184 e. The summed E-state index contributed by atoms with van der Waals surface area (Å²) in [6, 6.07) is 20.1. The molecule has 29 heavy (non-hydrogen) atoms. The minimum Gasteiger partial charge on any atom is -0.370 e. The van der Waals surface area contributed by atoms with Crippen molar-refractivity contribution in [2.24, 2.45) is 5.92 Å². The van der Waals surface area contributed by atoms with E-state index in [-0.39, 0.29) is 24.2 Å². The van der Waals surface area contributed by atoms with Gasteiger partial charge >= 0.3 is 0 Å². The van der Waals surface area contributed by atoms with Gasteiger partial charge in [0.1, 0.15) is 12.2 Å². The standard InChI is InChI=1S/C24H28O5/c1-3-14-25-23-17(2)21(26-15-18-10-6-4-7-11-18)22-20(28-23)16-27-24(29-22)19-12-8-5-9-13-19/h3-13,17,20-24H,1,14-16H2,2H3/t17?,20?,21-,22-,23+,24?/m0/s1. The predicted molar refractivity (Wildman–Crippen MR) is 109 cm³/mol. The first-order valence-corrected chi connectivity index (χ1v) is 10.1. The maximum Gasteiger partial charge on any atom is 0.184 e. The second-order valence-electron chi connectivity index (χ2n) is 7.46. The molecule has 2 aromatic carbocycles. The number of fused-ring (bicyclic) bond motifs is 1. The van der Waals surface area contributed by atoms with Crippen LogP contribution in [0.4, 0.5) is 0 Å². The van der Waals surface area contributed by atoms with Gasteiger partial charge in [0, 0.05) is 11.5 Å². The van der Waals surface area contributed by atoms with Crippen LogP contribution in [0, 0.1) is 5.92 Å². The number of benzene rings is 2. The van der Waals surface area contributed by atoms with Crippen molar-refractivity contribution in [3.63, 3.8) is 0 Å². The molecule has 0 bridgehead atoms. The Morgan fingerprint density at radius 1 is 1.00 bits per heavy atom. The van der Waals surface area contributed by atoms with E-state index in [2.05, 4.69) is 25.6 Å². The SMILES string of the molecule is C=CCO[C@@H]1OC2COC(c3ccccc3)O[C@@H]2[C@@H](OCc2ccccc2)C1C. The fourth-order valence-corrected chi connectivity index (χ4v) is 3.85. The lowest BCUT2D eigenvalue weighted by molar-refractivity contribution is -0.356. The van der Waals surface area contributed by atoms with E-state index >= 15 is 0 Å². The lowest BCUT2D eigenvalue weighted by Gasteiger charge is -2.48. The molecule has 2 heterocycles. The molecular formula is C24H28O5. The van der Waals surface area contributed by atoms with Gasteiger partial charge in [0.25, 0.3) is 0 Å².